The molecule has 19 heavy (non-hydrogen) atoms. The second kappa shape index (κ2) is 6.54. The summed E-state index contributed by atoms with van der Waals surface area (Å²) >= 11 is 0. The van der Waals surface area contributed by atoms with Crippen LogP contribution in [0.5, 0.6) is 5.75 Å². The standard InChI is InChI=1S/C14H20N2O3/c1-4-17-11-7-8-13-12(9-11)15-10-16(13)14(18-5-2)19-6-3/h7-10,14H,4-6H2,1-3H3. The predicted octanol–water partition coefficient (Wildman–Crippen LogP) is 2.96. The Kier molecular flexibility index (Phi) is 4.76. The Labute approximate surface area is 113 Å². The SMILES string of the molecule is CCOc1ccc2c(c1)ncn2C(OCC)OCC. The maximum atomic E-state index is 5.58. The molecule has 0 spiro atoms. The van der Waals surface area contributed by atoms with Gasteiger partial charge in [0, 0.05) is 19.3 Å². The third-order valence-electron chi connectivity index (χ3n) is 2.70. The van der Waals surface area contributed by atoms with Gasteiger partial charge in [-0.3, -0.25) is 4.57 Å². The molecular weight excluding hydrogens is 244 g/mol. The van der Waals surface area contributed by atoms with E-state index in [0.717, 1.165) is 16.8 Å². The Hall–Kier alpha value is -1.59. The van der Waals surface area contributed by atoms with Crippen LogP contribution in [-0.2, 0) is 9.47 Å². The van der Waals surface area contributed by atoms with Crippen LogP contribution in [0.4, 0.5) is 0 Å². The van der Waals surface area contributed by atoms with Crippen LogP contribution >= 0.6 is 0 Å². The molecule has 0 atom stereocenters. The highest BCUT2D eigenvalue weighted by Gasteiger charge is 2.14. The summed E-state index contributed by atoms with van der Waals surface area (Å²) in [5.74, 6) is 0.824. The van der Waals surface area contributed by atoms with E-state index in [1.165, 1.54) is 0 Å². The maximum absolute atomic E-state index is 5.58. The summed E-state index contributed by atoms with van der Waals surface area (Å²) in [6, 6.07) is 5.82. The molecule has 1 aromatic heterocycles. The first-order chi connectivity index (χ1) is 9.30. The number of hydrogen-bond donors (Lipinski definition) is 0. The highest BCUT2D eigenvalue weighted by Crippen LogP contribution is 2.23. The summed E-state index contributed by atoms with van der Waals surface area (Å²) in [7, 11) is 0. The Morgan fingerprint density at radius 1 is 1.11 bits per heavy atom. The molecule has 0 N–H and O–H groups in total. The van der Waals surface area contributed by atoms with E-state index < -0.39 is 6.41 Å². The molecule has 0 unspecified atom stereocenters. The van der Waals surface area contributed by atoms with Crippen molar-refractivity contribution in [1.29, 1.82) is 0 Å². The lowest BCUT2D eigenvalue weighted by atomic mass is 10.3. The third kappa shape index (κ3) is 3.05. The fourth-order valence-corrected chi connectivity index (χ4v) is 1.93. The number of hydrogen-bond acceptors (Lipinski definition) is 4. The fourth-order valence-electron chi connectivity index (χ4n) is 1.93. The van der Waals surface area contributed by atoms with Crippen LogP contribution in [-0.4, -0.2) is 29.4 Å². The molecule has 1 heterocycles. The van der Waals surface area contributed by atoms with Gasteiger partial charge in [-0.1, -0.05) is 0 Å². The number of ether oxygens (including phenoxy) is 3. The first-order valence-electron chi connectivity index (χ1n) is 6.62. The molecule has 2 rings (SSSR count). The van der Waals surface area contributed by atoms with Gasteiger partial charge in [0.05, 0.1) is 24.0 Å². The molecule has 5 heteroatoms. The van der Waals surface area contributed by atoms with Crippen molar-refractivity contribution in [3.8, 4) is 5.75 Å². The zero-order valence-corrected chi connectivity index (χ0v) is 11.6. The molecule has 0 amide bonds. The molecule has 0 bridgehead atoms. The van der Waals surface area contributed by atoms with Crippen molar-refractivity contribution in [1.82, 2.24) is 9.55 Å². The van der Waals surface area contributed by atoms with Gasteiger partial charge in [0.1, 0.15) is 5.75 Å². The van der Waals surface area contributed by atoms with E-state index in [1.54, 1.807) is 6.33 Å². The minimum Gasteiger partial charge on any atom is -0.494 e. The average Bonchev–Trinajstić information content (AvgIpc) is 2.82. The number of nitrogens with zero attached hydrogens (tertiary/aromatic N) is 2. The zero-order valence-electron chi connectivity index (χ0n) is 11.6. The van der Waals surface area contributed by atoms with Gasteiger partial charge in [0.2, 0.25) is 6.41 Å². The summed E-state index contributed by atoms with van der Waals surface area (Å²) in [5, 5.41) is 0. The van der Waals surface area contributed by atoms with Crippen LogP contribution in [0.1, 0.15) is 27.2 Å². The maximum Gasteiger partial charge on any atom is 0.245 e. The first kappa shape index (κ1) is 13.8. The van der Waals surface area contributed by atoms with E-state index in [1.807, 2.05) is 43.5 Å². The van der Waals surface area contributed by atoms with E-state index in [-0.39, 0.29) is 0 Å². The highest BCUT2D eigenvalue weighted by molar-refractivity contribution is 5.77. The topological polar surface area (TPSA) is 45.5 Å². The Morgan fingerprint density at radius 2 is 1.84 bits per heavy atom. The lowest BCUT2D eigenvalue weighted by Gasteiger charge is -2.18. The summed E-state index contributed by atoms with van der Waals surface area (Å²) in [6.07, 6.45) is 1.30. The van der Waals surface area contributed by atoms with Crippen molar-refractivity contribution in [3.05, 3.63) is 24.5 Å². The van der Waals surface area contributed by atoms with Crippen LogP contribution in [0.15, 0.2) is 24.5 Å². The predicted molar refractivity (Wildman–Crippen MR) is 73.2 cm³/mol. The molecule has 104 valence electrons. The number of imidazole rings is 1. The summed E-state index contributed by atoms with van der Waals surface area (Å²) in [6.45, 7) is 7.66. The molecule has 0 aliphatic rings. The van der Waals surface area contributed by atoms with Crippen LogP contribution < -0.4 is 4.74 Å². The molecule has 0 aliphatic heterocycles. The summed E-state index contributed by atoms with van der Waals surface area (Å²) in [5.41, 5.74) is 1.84. The van der Waals surface area contributed by atoms with Crippen molar-refractivity contribution in [2.24, 2.45) is 0 Å². The molecule has 0 saturated carbocycles. The number of benzene rings is 1. The number of rotatable bonds is 7. The highest BCUT2D eigenvalue weighted by atomic mass is 16.7. The largest absolute Gasteiger partial charge is 0.494 e. The molecule has 0 aliphatic carbocycles. The molecule has 0 radical (unpaired) electrons. The molecule has 2 aromatic rings. The van der Waals surface area contributed by atoms with Gasteiger partial charge in [-0.15, -0.1) is 0 Å². The molecule has 1 aromatic carbocycles. The molecular formula is C14H20N2O3. The Morgan fingerprint density at radius 3 is 2.47 bits per heavy atom. The zero-order chi connectivity index (χ0) is 13.7. The van der Waals surface area contributed by atoms with Gasteiger partial charge in [-0.05, 0) is 32.9 Å². The number of fused-ring (bicyclic) bond motifs is 1. The molecule has 0 saturated heterocycles. The Balaban J connectivity index is 2.33. The summed E-state index contributed by atoms with van der Waals surface area (Å²) in [4.78, 5) is 4.37. The van der Waals surface area contributed by atoms with Crippen molar-refractivity contribution < 1.29 is 14.2 Å². The van der Waals surface area contributed by atoms with Crippen LogP contribution in [0.25, 0.3) is 11.0 Å². The lowest BCUT2D eigenvalue weighted by molar-refractivity contribution is -0.184. The van der Waals surface area contributed by atoms with E-state index in [0.29, 0.717) is 19.8 Å². The monoisotopic (exact) mass is 264 g/mol. The third-order valence-corrected chi connectivity index (χ3v) is 2.70. The van der Waals surface area contributed by atoms with Gasteiger partial charge < -0.3 is 14.2 Å². The van der Waals surface area contributed by atoms with Crippen molar-refractivity contribution in [3.63, 3.8) is 0 Å². The van der Waals surface area contributed by atoms with Gasteiger partial charge in [0.15, 0.2) is 0 Å². The van der Waals surface area contributed by atoms with Crippen LogP contribution in [0, 0.1) is 0 Å². The quantitative estimate of drug-likeness (QED) is 0.721. The molecule has 5 nitrogen and oxygen atoms in total. The van der Waals surface area contributed by atoms with E-state index >= 15 is 0 Å². The van der Waals surface area contributed by atoms with E-state index in [4.69, 9.17) is 14.2 Å². The van der Waals surface area contributed by atoms with Crippen molar-refractivity contribution in [2.45, 2.75) is 27.2 Å². The second-order valence-corrected chi connectivity index (χ2v) is 3.95. The summed E-state index contributed by atoms with van der Waals surface area (Å²) < 4.78 is 18.5. The van der Waals surface area contributed by atoms with Gasteiger partial charge in [-0.2, -0.15) is 0 Å². The minimum atomic E-state index is -0.432. The lowest BCUT2D eigenvalue weighted by Crippen LogP contribution is -2.15. The van der Waals surface area contributed by atoms with Gasteiger partial charge in [0.25, 0.3) is 0 Å². The number of aromatic nitrogens is 2. The van der Waals surface area contributed by atoms with Gasteiger partial charge >= 0.3 is 0 Å². The minimum absolute atomic E-state index is 0.432. The fraction of sp³-hybridized carbons (Fsp3) is 0.500. The first-order valence-corrected chi connectivity index (χ1v) is 6.62. The van der Waals surface area contributed by atoms with Crippen LogP contribution in [0.2, 0.25) is 0 Å². The van der Waals surface area contributed by atoms with Crippen LogP contribution in [0.3, 0.4) is 0 Å². The van der Waals surface area contributed by atoms with Gasteiger partial charge in [-0.25, -0.2) is 4.98 Å². The average molecular weight is 264 g/mol. The molecule has 0 fully saturated rings. The van der Waals surface area contributed by atoms with E-state index in [2.05, 4.69) is 4.98 Å². The normalized spacial score (nSPS) is 11.4. The van der Waals surface area contributed by atoms with Crippen molar-refractivity contribution >= 4 is 11.0 Å². The second-order valence-electron chi connectivity index (χ2n) is 3.95. The van der Waals surface area contributed by atoms with E-state index in [9.17, 15) is 0 Å². The smallest absolute Gasteiger partial charge is 0.245 e. The van der Waals surface area contributed by atoms with Crippen molar-refractivity contribution in [2.75, 3.05) is 19.8 Å². The Bertz CT molecular complexity index is 518.